The van der Waals surface area contributed by atoms with E-state index >= 15 is 0 Å². The minimum absolute atomic E-state index is 0.0354. The first kappa shape index (κ1) is 14.0. The third-order valence-electron chi connectivity index (χ3n) is 4.73. The molecule has 20 heavy (non-hydrogen) atoms. The van der Waals surface area contributed by atoms with Crippen LogP contribution in [0, 0.1) is 5.92 Å². The molecular weight excluding hydrogens is 272 g/mol. The van der Waals surface area contributed by atoms with Gasteiger partial charge in [0.05, 0.1) is 16.7 Å². The number of nitrogens with zero attached hydrogens (tertiary/aromatic N) is 2. The fourth-order valence-electron chi connectivity index (χ4n) is 3.51. The van der Waals surface area contributed by atoms with Crippen molar-refractivity contribution in [2.75, 3.05) is 13.1 Å². The van der Waals surface area contributed by atoms with E-state index in [9.17, 15) is 4.79 Å². The van der Waals surface area contributed by atoms with E-state index in [0.717, 1.165) is 32.4 Å². The molecule has 3 heterocycles. The highest BCUT2D eigenvalue weighted by Gasteiger charge is 2.48. The first-order valence-corrected chi connectivity index (χ1v) is 8.22. The van der Waals surface area contributed by atoms with Crippen LogP contribution < -0.4 is 0 Å². The Kier molecular flexibility index (Phi) is 3.37. The lowest BCUT2D eigenvalue weighted by Crippen LogP contribution is -2.58. The molecule has 3 rings (SSSR count). The van der Waals surface area contributed by atoms with Gasteiger partial charge in [0.2, 0.25) is 0 Å². The van der Waals surface area contributed by atoms with Crippen molar-refractivity contribution in [3.8, 4) is 0 Å². The smallest absolute Gasteiger partial charge is 0.273 e. The number of hydrogen-bond donors (Lipinski definition) is 0. The summed E-state index contributed by atoms with van der Waals surface area (Å²) < 4.78 is 6.33. The zero-order valence-corrected chi connectivity index (χ0v) is 13.2. The molecule has 0 bridgehead atoms. The molecule has 0 unspecified atom stereocenters. The van der Waals surface area contributed by atoms with Crippen molar-refractivity contribution in [3.63, 3.8) is 0 Å². The summed E-state index contributed by atoms with van der Waals surface area (Å²) in [4.78, 5) is 18.5. The standard InChI is InChI=1S/C15H22N2O2S/c1-14(2)5-4-11-8-17(7-6-15(11,3)19-14)13(18)12-9-20-10-16-12/h9-11H,4-8H2,1-3H3/t11-,15+/m0/s1. The highest BCUT2D eigenvalue weighted by molar-refractivity contribution is 7.07. The van der Waals surface area contributed by atoms with Crippen LogP contribution in [0.1, 0.15) is 50.5 Å². The number of carbonyl (C=O) groups excluding carboxylic acids is 1. The minimum Gasteiger partial charge on any atom is -0.369 e. The molecule has 2 fully saturated rings. The Morgan fingerprint density at radius 2 is 2.25 bits per heavy atom. The zero-order valence-electron chi connectivity index (χ0n) is 12.4. The number of likely N-dealkylation sites (tertiary alicyclic amines) is 1. The number of fused-ring (bicyclic) bond motifs is 1. The number of amides is 1. The summed E-state index contributed by atoms with van der Waals surface area (Å²) in [5, 5.41) is 1.83. The number of aromatic nitrogens is 1. The molecule has 5 heteroatoms. The second kappa shape index (κ2) is 4.81. The maximum atomic E-state index is 12.4. The zero-order chi connectivity index (χ0) is 14.4. The van der Waals surface area contributed by atoms with E-state index in [1.54, 1.807) is 5.51 Å². The normalized spacial score (nSPS) is 32.8. The summed E-state index contributed by atoms with van der Waals surface area (Å²) >= 11 is 1.47. The van der Waals surface area contributed by atoms with Gasteiger partial charge in [-0.25, -0.2) is 4.98 Å². The van der Waals surface area contributed by atoms with Gasteiger partial charge in [0.1, 0.15) is 5.69 Å². The van der Waals surface area contributed by atoms with Crippen molar-refractivity contribution < 1.29 is 9.53 Å². The van der Waals surface area contributed by atoms with Crippen molar-refractivity contribution in [1.82, 2.24) is 9.88 Å². The lowest BCUT2D eigenvalue weighted by atomic mass is 9.74. The van der Waals surface area contributed by atoms with Crippen LogP contribution in [0.5, 0.6) is 0 Å². The molecule has 0 saturated carbocycles. The molecular formula is C15H22N2O2S. The number of rotatable bonds is 1. The SMILES string of the molecule is CC1(C)CC[C@H]2CN(C(=O)c3cscn3)CC[C@@]2(C)O1. The van der Waals surface area contributed by atoms with Gasteiger partial charge in [0.15, 0.2) is 0 Å². The highest BCUT2D eigenvalue weighted by Crippen LogP contribution is 2.44. The van der Waals surface area contributed by atoms with E-state index in [-0.39, 0.29) is 17.1 Å². The van der Waals surface area contributed by atoms with Crippen LogP contribution in [-0.4, -0.2) is 40.1 Å². The molecule has 0 aromatic carbocycles. The lowest BCUT2D eigenvalue weighted by Gasteiger charge is -2.53. The number of hydrogen-bond acceptors (Lipinski definition) is 4. The monoisotopic (exact) mass is 294 g/mol. The number of thiazole rings is 1. The van der Waals surface area contributed by atoms with E-state index in [2.05, 4.69) is 25.8 Å². The van der Waals surface area contributed by atoms with Gasteiger partial charge in [0.25, 0.3) is 5.91 Å². The molecule has 0 N–H and O–H groups in total. The summed E-state index contributed by atoms with van der Waals surface area (Å²) in [6.07, 6.45) is 3.10. The lowest BCUT2D eigenvalue weighted by molar-refractivity contribution is -0.210. The number of piperidine rings is 1. The van der Waals surface area contributed by atoms with Crippen LogP contribution in [-0.2, 0) is 4.74 Å². The molecule has 110 valence electrons. The van der Waals surface area contributed by atoms with Gasteiger partial charge >= 0.3 is 0 Å². The van der Waals surface area contributed by atoms with Crippen molar-refractivity contribution >= 4 is 17.2 Å². The van der Waals surface area contributed by atoms with Crippen molar-refractivity contribution in [2.24, 2.45) is 5.92 Å². The molecule has 0 spiro atoms. The Hall–Kier alpha value is -0.940. The van der Waals surface area contributed by atoms with Crippen LogP contribution in [0.4, 0.5) is 0 Å². The van der Waals surface area contributed by atoms with Gasteiger partial charge in [-0.3, -0.25) is 4.79 Å². The van der Waals surface area contributed by atoms with Crippen LogP contribution in [0.2, 0.25) is 0 Å². The third-order valence-corrected chi connectivity index (χ3v) is 5.31. The number of carbonyl (C=O) groups is 1. The fourth-order valence-corrected chi connectivity index (χ4v) is 4.04. The summed E-state index contributed by atoms with van der Waals surface area (Å²) in [5.74, 6) is 0.505. The van der Waals surface area contributed by atoms with E-state index in [1.807, 2.05) is 10.3 Å². The number of ether oxygens (including phenoxy) is 1. The van der Waals surface area contributed by atoms with E-state index in [4.69, 9.17) is 4.74 Å². The van der Waals surface area contributed by atoms with Gasteiger partial charge < -0.3 is 9.64 Å². The topological polar surface area (TPSA) is 42.4 Å². The van der Waals surface area contributed by atoms with Gasteiger partial charge in [-0.2, -0.15) is 0 Å². The largest absolute Gasteiger partial charge is 0.369 e. The summed E-state index contributed by atoms with van der Waals surface area (Å²) in [6.45, 7) is 8.11. The Morgan fingerprint density at radius 3 is 2.95 bits per heavy atom. The van der Waals surface area contributed by atoms with Crippen LogP contribution >= 0.6 is 11.3 Å². The van der Waals surface area contributed by atoms with Gasteiger partial charge in [0, 0.05) is 24.4 Å². The summed E-state index contributed by atoms with van der Waals surface area (Å²) in [5.41, 5.74) is 2.18. The Bertz CT molecular complexity index is 500. The van der Waals surface area contributed by atoms with Crippen LogP contribution in [0.25, 0.3) is 0 Å². The maximum absolute atomic E-state index is 12.4. The van der Waals surface area contributed by atoms with Gasteiger partial charge in [-0.15, -0.1) is 11.3 Å². The van der Waals surface area contributed by atoms with E-state index < -0.39 is 0 Å². The molecule has 2 saturated heterocycles. The maximum Gasteiger partial charge on any atom is 0.273 e. The third kappa shape index (κ3) is 2.49. The predicted octanol–water partition coefficient (Wildman–Crippen LogP) is 2.95. The molecule has 1 aromatic heterocycles. The van der Waals surface area contributed by atoms with Crippen LogP contribution in [0.3, 0.4) is 0 Å². The Balaban J connectivity index is 1.72. The van der Waals surface area contributed by atoms with Crippen molar-refractivity contribution in [2.45, 2.75) is 51.2 Å². The summed E-state index contributed by atoms with van der Waals surface area (Å²) in [7, 11) is 0. The van der Waals surface area contributed by atoms with Gasteiger partial charge in [-0.1, -0.05) is 0 Å². The molecule has 1 amide bonds. The van der Waals surface area contributed by atoms with Crippen molar-refractivity contribution in [3.05, 3.63) is 16.6 Å². The second-order valence-corrected chi connectivity index (χ2v) is 7.50. The fraction of sp³-hybridized carbons (Fsp3) is 0.733. The predicted molar refractivity (Wildman–Crippen MR) is 78.9 cm³/mol. The Labute approximate surface area is 124 Å². The average molecular weight is 294 g/mol. The van der Waals surface area contributed by atoms with Gasteiger partial charge in [-0.05, 0) is 40.0 Å². The minimum atomic E-state index is -0.0827. The molecule has 2 atom stereocenters. The molecule has 1 aromatic rings. The van der Waals surface area contributed by atoms with E-state index in [0.29, 0.717) is 11.6 Å². The van der Waals surface area contributed by atoms with E-state index in [1.165, 1.54) is 11.3 Å². The Morgan fingerprint density at radius 1 is 1.45 bits per heavy atom. The highest BCUT2D eigenvalue weighted by atomic mass is 32.1. The molecule has 2 aliphatic rings. The quantitative estimate of drug-likeness (QED) is 0.799. The molecule has 2 aliphatic heterocycles. The first-order valence-electron chi connectivity index (χ1n) is 7.27. The second-order valence-electron chi connectivity index (χ2n) is 6.78. The summed E-state index contributed by atoms with van der Waals surface area (Å²) in [6, 6.07) is 0. The molecule has 0 aliphatic carbocycles. The van der Waals surface area contributed by atoms with Crippen molar-refractivity contribution in [1.29, 1.82) is 0 Å². The molecule has 0 radical (unpaired) electrons. The first-order chi connectivity index (χ1) is 9.40. The molecule has 4 nitrogen and oxygen atoms in total. The van der Waals surface area contributed by atoms with Crippen LogP contribution in [0.15, 0.2) is 10.9 Å². The average Bonchev–Trinajstić information content (AvgIpc) is 2.89.